The Bertz CT molecular complexity index is 735. The van der Waals surface area contributed by atoms with Crippen molar-refractivity contribution in [1.82, 2.24) is 0 Å². The second kappa shape index (κ2) is 6.40. The van der Waals surface area contributed by atoms with Crippen molar-refractivity contribution in [3.8, 4) is 5.75 Å². The molecule has 1 saturated heterocycles. The van der Waals surface area contributed by atoms with E-state index in [2.05, 4.69) is 20.8 Å². The van der Waals surface area contributed by atoms with Crippen LogP contribution in [0.5, 0.6) is 5.75 Å². The molecule has 0 spiro atoms. The highest BCUT2D eigenvalue weighted by molar-refractivity contribution is 6.10. The molecular weight excluding hydrogens is 300 g/mol. The minimum Gasteiger partial charge on any atom is -0.491 e. The van der Waals surface area contributed by atoms with Gasteiger partial charge in [-0.3, -0.25) is 4.79 Å². The number of epoxide rings is 1. The van der Waals surface area contributed by atoms with Crippen LogP contribution in [0.4, 0.5) is 0 Å². The summed E-state index contributed by atoms with van der Waals surface area (Å²) < 4.78 is 10.8. The summed E-state index contributed by atoms with van der Waals surface area (Å²) in [7, 11) is 0. The van der Waals surface area contributed by atoms with Crippen LogP contribution >= 0.6 is 0 Å². The summed E-state index contributed by atoms with van der Waals surface area (Å²) in [4.78, 5) is 12.8. The Hall–Kier alpha value is -2.13. The molecule has 1 unspecified atom stereocenters. The van der Waals surface area contributed by atoms with Gasteiger partial charge in [0.1, 0.15) is 18.5 Å². The highest BCUT2D eigenvalue weighted by Gasteiger charge is 2.23. The predicted molar refractivity (Wildman–Crippen MR) is 95.0 cm³/mol. The van der Waals surface area contributed by atoms with Crippen LogP contribution < -0.4 is 4.74 Å². The van der Waals surface area contributed by atoms with Gasteiger partial charge in [0.15, 0.2) is 5.78 Å². The molecule has 0 N–H and O–H groups in total. The molecule has 24 heavy (non-hydrogen) atoms. The summed E-state index contributed by atoms with van der Waals surface area (Å²) in [6.07, 6.45) is 0.230. The van der Waals surface area contributed by atoms with Gasteiger partial charge in [-0.25, -0.2) is 0 Å². The molecule has 2 aromatic carbocycles. The van der Waals surface area contributed by atoms with Gasteiger partial charge in [0.25, 0.3) is 0 Å². The number of carbonyl (C=O) groups excluding carboxylic acids is 1. The summed E-state index contributed by atoms with van der Waals surface area (Å²) in [5, 5.41) is 0. The maximum atomic E-state index is 12.8. The molecule has 1 aliphatic heterocycles. The van der Waals surface area contributed by atoms with Crippen molar-refractivity contribution in [3.63, 3.8) is 0 Å². The number of benzene rings is 2. The van der Waals surface area contributed by atoms with Crippen molar-refractivity contribution in [2.75, 3.05) is 13.2 Å². The zero-order valence-electron chi connectivity index (χ0n) is 14.8. The van der Waals surface area contributed by atoms with Gasteiger partial charge in [-0.2, -0.15) is 0 Å². The Labute approximate surface area is 143 Å². The van der Waals surface area contributed by atoms with Crippen molar-refractivity contribution in [1.29, 1.82) is 0 Å². The molecule has 1 atom stereocenters. The van der Waals surface area contributed by atoms with Gasteiger partial charge >= 0.3 is 0 Å². The number of hydrogen-bond donors (Lipinski definition) is 0. The van der Waals surface area contributed by atoms with E-state index in [1.165, 1.54) is 5.56 Å². The van der Waals surface area contributed by atoms with Crippen LogP contribution in [0.25, 0.3) is 0 Å². The predicted octanol–water partition coefficient (Wildman–Crippen LogP) is 4.30. The van der Waals surface area contributed by atoms with Gasteiger partial charge in [0.2, 0.25) is 0 Å². The SMILES string of the molecule is Cc1cc(OCC2CO2)ccc1C(=O)c1ccc(C(C)(C)C)cc1. The van der Waals surface area contributed by atoms with Crippen LogP contribution in [0, 0.1) is 6.92 Å². The number of aryl methyl sites for hydroxylation is 1. The normalized spacial score (nSPS) is 16.8. The number of rotatable bonds is 5. The first-order valence-electron chi connectivity index (χ1n) is 8.35. The molecule has 1 aliphatic rings. The molecule has 3 nitrogen and oxygen atoms in total. The Balaban J connectivity index is 1.76. The monoisotopic (exact) mass is 324 g/mol. The van der Waals surface area contributed by atoms with Gasteiger partial charge in [0.05, 0.1) is 6.61 Å². The summed E-state index contributed by atoms with van der Waals surface area (Å²) >= 11 is 0. The number of ketones is 1. The van der Waals surface area contributed by atoms with Gasteiger partial charge < -0.3 is 9.47 Å². The van der Waals surface area contributed by atoms with E-state index in [1.807, 2.05) is 49.4 Å². The summed E-state index contributed by atoms with van der Waals surface area (Å²) in [5.74, 6) is 0.827. The van der Waals surface area contributed by atoms with E-state index in [0.29, 0.717) is 17.7 Å². The smallest absolute Gasteiger partial charge is 0.193 e. The number of ether oxygens (including phenoxy) is 2. The Morgan fingerprint density at radius 2 is 1.83 bits per heavy atom. The molecule has 0 aliphatic carbocycles. The van der Waals surface area contributed by atoms with Crippen LogP contribution in [-0.4, -0.2) is 25.1 Å². The third kappa shape index (κ3) is 3.85. The highest BCUT2D eigenvalue weighted by atomic mass is 16.6. The molecule has 0 radical (unpaired) electrons. The highest BCUT2D eigenvalue weighted by Crippen LogP contribution is 2.25. The van der Waals surface area contributed by atoms with Crippen molar-refractivity contribution in [2.45, 2.75) is 39.2 Å². The zero-order valence-corrected chi connectivity index (χ0v) is 14.8. The van der Waals surface area contributed by atoms with Crippen molar-refractivity contribution >= 4 is 5.78 Å². The maximum Gasteiger partial charge on any atom is 0.193 e. The molecular formula is C21H24O3. The van der Waals surface area contributed by atoms with E-state index in [9.17, 15) is 4.79 Å². The topological polar surface area (TPSA) is 38.8 Å². The molecule has 3 heteroatoms. The van der Waals surface area contributed by atoms with E-state index in [4.69, 9.17) is 9.47 Å². The Morgan fingerprint density at radius 3 is 2.38 bits per heavy atom. The lowest BCUT2D eigenvalue weighted by molar-refractivity contribution is 0.103. The van der Waals surface area contributed by atoms with Gasteiger partial charge in [-0.05, 0) is 41.7 Å². The lowest BCUT2D eigenvalue weighted by Gasteiger charge is -2.19. The number of carbonyl (C=O) groups is 1. The molecule has 126 valence electrons. The van der Waals surface area contributed by atoms with E-state index >= 15 is 0 Å². The summed E-state index contributed by atoms with van der Waals surface area (Å²) in [6, 6.07) is 13.5. The third-order valence-electron chi connectivity index (χ3n) is 4.29. The molecule has 0 aromatic heterocycles. The van der Waals surface area contributed by atoms with Crippen molar-refractivity contribution < 1.29 is 14.3 Å². The van der Waals surface area contributed by atoms with E-state index in [1.54, 1.807) is 0 Å². The molecule has 0 bridgehead atoms. The fraction of sp³-hybridized carbons (Fsp3) is 0.381. The molecule has 1 fully saturated rings. The minimum absolute atomic E-state index is 0.0463. The fourth-order valence-corrected chi connectivity index (χ4v) is 2.61. The maximum absolute atomic E-state index is 12.8. The second-order valence-corrected chi connectivity index (χ2v) is 7.40. The van der Waals surface area contributed by atoms with Gasteiger partial charge in [0, 0.05) is 11.1 Å². The molecule has 0 amide bonds. The fourth-order valence-electron chi connectivity index (χ4n) is 2.61. The van der Waals surface area contributed by atoms with E-state index < -0.39 is 0 Å². The minimum atomic E-state index is 0.0463. The lowest BCUT2D eigenvalue weighted by Crippen LogP contribution is -2.11. The van der Waals surface area contributed by atoms with E-state index in [0.717, 1.165) is 17.9 Å². The number of hydrogen-bond acceptors (Lipinski definition) is 3. The van der Waals surface area contributed by atoms with Crippen LogP contribution in [-0.2, 0) is 10.2 Å². The third-order valence-corrected chi connectivity index (χ3v) is 4.29. The Morgan fingerprint density at radius 1 is 1.17 bits per heavy atom. The van der Waals surface area contributed by atoms with Gasteiger partial charge in [-0.15, -0.1) is 0 Å². The van der Waals surface area contributed by atoms with Crippen LogP contribution in [0.15, 0.2) is 42.5 Å². The van der Waals surface area contributed by atoms with Crippen molar-refractivity contribution in [3.05, 3.63) is 64.7 Å². The summed E-state index contributed by atoms with van der Waals surface area (Å²) in [5.41, 5.74) is 3.66. The quantitative estimate of drug-likeness (QED) is 0.608. The molecule has 0 saturated carbocycles. The molecule has 2 aromatic rings. The summed E-state index contributed by atoms with van der Waals surface area (Å²) in [6.45, 7) is 9.79. The Kier molecular flexibility index (Phi) is 4.46. The first kappa shape index (κ1) is 16.7. The van der Waals surface area contributed by atoms with Crippen LogP contribution in [0.3, 0.4) is 0 Å². The first-order valence-corrected chi connectivity index (χ1v) is 8.35. The standard InChI is InChI=1S/C21H24O3/c1-14-11-17(23-12-18-13-24-18)9-10-19(14)20(22)15-5-7-16(8-6-15)21(2,3)4/h5-11,18H,12-13H2,1-4H3. The lowest BCUT2D eigenvalue weighted by atomic mass is 9.86. The first-order chi connectivity index (χ1) is 11.3. The zero-order chi connectivity index (χ0) is 17.3. The largest absolute Gasteiger partial charge is 0.491 e. The van der Waals surface area contributed by atoms with E-state index in [-0.39, 0.29) is 17.3 Å². The van der Waals surface area contributed by atoms with Gasteiger partial charge in [-0.1, -0.05) is 45.0 Å². The van der Waals surface area contributed by atoms with Crippen molar-refractivity contribution in [2.24, 2.45) is 0 Å². The second-order valence-electron chi connectivity index (χ2n) is 7.40. The average Bonchev–Trinajstić information content (AvgIpc) is 3.36. The molecule has 1 heterocycles. The average molecular weight is 324 g/mol. The van der Waals surface area contributed by atoms with Crippen LogP contribution in [0.2, 0.25) is 0 Å². The van der Waals surface area contributed by atoms with Crippen LogP contribution in [0.1, 0.15) is 47.8 Å². The molecule has 3 rings (SSSR count).